The van der Waals surface area contributed by atoms with Gasteiger partial charge >= 0.3 is 11.8 Å². The van der Waals surface area contributed by atoms with Crippen LogP contribution in [0.3, 0.4) is 0 Å². The van der Waals surface area contributed by atoms with Crippen molar-refractivity contribution in [1.82, 2.24) is 10.6 Å². The maximum atomic E-state index is 13.1. The molecule has 2 amide bonds. The fraction of sp³-hybridized carbons (Fsp3) is 0.400. The highest BCUT2D eigenvalue weighted by molar-refractivity contribution is 7.93. The lowest BCUT2D eigenvalue weighted by atomic mass is 9.95. The van der Waals surface area contributed by atoms with Crippen molar-refractivity contribution >= 4 is 33.0 Å². The Morgan fingerprint density at radius 3 is 2.36 bits per heavy atom. The summed E-state index contributed by atoms with van der Waals surface area (Å²) in [6.45, 7) is -0.166. The van der Waals surface area contributed by atoms with Gasteiger partial charge in [-0.15, -0.1) is 11.3 Å². The second kappa shape index (κ2) is 9.34. The molecule has 0 spiro atoms. The molecule has 0 unspecified atom stereocenters. The summed E-state index contributed by atoms with van der Waals surface area (Å²) in [5.74, 6) is -1.50. The van der Waals surface area contributed by atoms with Gasteiger partial charge in [-0.2, -0.15) is 0 Å². The zero-order valence-corrected chi connectivity index (χ0v) is 17.1. The highest BCUT2D eigenvalue weighted by Crippen LogP contribution is 2.31. The van der Waals surface area contributed by atoms with E-state index in [4.69, 9.17) is 0 Å². The number of carbonyl (C=O) groups is 2. The molecule has 3 rings (SSSR count). The zero-order valence-electron chi connectivity index (χ0n) is 15.5. The van der Waals surface area contributed by atoms with E-state index in [1.807, 2.05) is 0 Å². The molecule has 1 atom stereocenters. The van der Waals surface area contributed by atoms with Gasteiger partial charge in [0.15, 0.2) is 9.84 Å². The van der Waals surface area contributed by atoms with Crippen LogP contribution < -0.4 is 10.6 Å². The van der Waals surface area contributed by atoms with Crippen molar-refractivity contribution < 1.29 is 18.0 Å². The first kappa shape index (κ1) is 20.5. The van der Waals surface area contributed by atoms with Gasteiger partial charge in [0.25, 0.3) is 0 Å². The van der Waals surface area contributed by atoms with Crippen molar-refractivity contribution in [3.05, 3.63) is 53.4 Å². The summed E-state index contributed by atoms with van der Waals surface area (Å²) in [7, 11) is -3.69. The number of hydrogen-bond acceptors (Lipinski definition) is 5. The fourth-order valence-corrected chi connectivity index (χ4v) is 6.27. The number of benzene rings is 1. The standard InChI is InChI=1S/C20H24N2O4S2/c23-19(20(24)22-16-10-5-2-6-11-16)21-14-17(15-8-3-1-4-9-15)28(25,26)18-12-7-13-27-18/h1,3-4,7-9,12-13,16-17H,2,5-6,10-11,14H2,(H,21,23)(H,22,24)/t17-/m1/s1. The van der Waals surface area contributed by atoms with Crippen molar-refractivity contribution in [2.45, 2.75) is 47.6 Å². The van der Waals surface area contributed by atoms with Gasteiger partial charge in [0.2, 0.25) is 0 Å². The number of nitrogens with one attached hydrogen (secondary N) is 2. The van der Waals surface area contributed by atoms with E-state index in [9.17, 15) is 18.0 Å². The fourth-order valence-electron chi connectivity index (χ4n) is 3.40. The molecule has 1 heterocycles. The third kappa shape index (κ3) is 4.99. The quantitative estimate of drug-likeness (QED) is 0.703. The van der Waals surface area contributed by atoms with Gasteiger partial charge in [-0.1, -0.05) is 55.7 Å². The van der Waals surface area contributed by atoms with Crippen LogP contribution in [0.15, 0.2) is 52.1 Å². The Morgan fingerprint density at radius 1 is 1.00 bits per heavy atom. The van der Waals surface area contributed by atoms with Crippen molar-refractivity contribution in [2.24, 2.45) is 0 Å². The van der Waals surface area contributed by atoms with E-state index in [0.717, 1.165) is 43.4 Å². The van der Waals surface area contributed by atoms with E-state index in [0.29, 0.717) is 5.56 Å². The highest BCUT2D eigenvalue weighted by Gasteiger charge is 2.31. The number of thiophene rings is 1. The Bertz CT molecular complexity index is 890. The molecule has 0 bridgehead atoms. The summed E-state index contributed by atoms with van der Waals surface area (Å²) >= 11 is 1.14. The van der Waals surface area contributed by atoms with Crippen LogP contribution in [0.4, 0.5) is 0 Å². The van der Waals surface area contributed by atoms with Crippen molar-refractivity contribution in [1.29, 1.82) is 0 Å². The summed E-state index contributed by atoms with van der Waals surface area (Å²) in [5, 5.41) is 6.00. The third-order valence-corrected chi connectivity index (χ3v) is 8.45. The van der Waals surface area contributed by atoms with Crippen LogP contribution in [0.2, 0.25) is 0 Å². The van der Waals surface area contributed by atoms with Gasteiger partial charge in [-0.05, 0) is 29.9 Å². The number of hydrogen-bond donors (Lipinski definition) is 2. The lowest BCUT2D eigenvalue weighted by Gasteiger charge is -2.23. The Labute approximate surface area is 169 Å². The van der Waals surface area contributed by atoms with Crippen molar-refractivity contribution in [2.75, 3.05) is 6.54 Å². The number of sulfone groups is 1. The van der Waals surface area contributed by atoms with E-state index in [2.05, 4.69) is 10.6 Å². The van der Waals surface area contributed by atoms with E-state index in [1.165, 1.54) is 0 Å². The zero-order chi connectivity index (χ0) is 20.0. The van der Waals surface area contributed by atoms with Crippen molar-refractivity contribution in [3.63, 3.8) is 0 Å². The minimum absolute atomic E-state index is 0.0202. The average molecular weight is 421 g/mol. The minimum atomic E-state index is -3.69. The molecule has 1 aliphatic rings. The normalized spacial score (nSPS) is 16.3. The molecule has 2 aromatic rings. The Balaban J connectivity index is 1.70. The molecule has 150 valence electrons. The van der Waals surface area contributed by atoms with Crippen LogP contribution >= 0.6 is 11.3 Å². The van der Waals surface area contributed by atoms with Crippen molar-refractivity contribution in [3.8, 4) is 0 Å². The van der Waals surface area contributed by atoms with Gasteiger partial charge in [0.05, 0.1) is 0 Å². The summed E-state index contributed by atoms with van der Waals surface area (Å²) in [6.07, 6.45) is 4.98. The first-order valence-electron chi connectivity index (χ1n) is 9.39. The SMILES string of the molecule is O=C(NC[C@H](c1ccccc1)S(=O)(=O)c1cccs1)C(=O)NC1CCCCC1. The predicted octanol–water partition coefficient (Wildman–Crippen LogP) is 2.83. The third-order valence-electron chi connectivity index (χ3n) is 4.92. The molecule has 1 aromatic heterocycles. The van der Waals surface area contributed by atoms with E-state index in [1.54, 1.807) is 47.8 Å². The van der Waals surface area contributed by atoms with Gasteiger partial charge in [-0.25, -0.2) is 8.42 Å². The van der Waals surface area contributed by atoms with Crippen LogP contribution in [0.25, 0.3) is 0 Å². The van der Waals surface area contributed by atoms with Gasteiger partial charge in [0, 0.05) is 12.6 Å². The molecule has 1 aliphatic carbocycles. The molecule has 2 N–H and O–H groups in total. The second-order valence-electron chi connectivity index (χ2n) is 6.89. The lowest BCUT2D eigenvalue weighted by Crippen LogP contribution is -2.46. The molecule has 0 radical (unpaired) electrons. The first-order chi connectivity index (χ1) is 13.5. The molecule has 0 aliphatic heterocycles. The van der Waals surface area contributed by atoms with E-state index in [-0.39, 0.29) is 16.8 Å². The maximum Gasteiger partial charge on any atom is 0.309 e. The molecular formula is C20H24N2O4S2. The molecule has 8 heteroatoms. The molecule has 1 fully saturated rings. The first-order valence-corrected chi connectivity index (χ1v) is 11.8. The predicted molar refractivity (Wildman–Crippen MR) is 109 cm³/mol. The summed E-state index contributed by atoms with van der Waals surface area (Å²) in [5.41, 5.74) is 0.573. The molecule has 1 saturated carbocycles. The summed E-state index contributed by atoms with van der Waals surface area (Å²) in [6, 6.07) is 12.0. The monoisotopic (exact) mass is 420 g/mol. The van der Waals surface area contributed by atoms with Crippen LogP contribution in [-0.4, -0.2) is 32.8 Å². The number of carbonyl (C=O) groups excluding carboxylic acids is 2. The topological polar surface area (TPSA) is 92.3 Å². The highest BCUT2D eigenvalue weighted by atomic mass is 32.2. The van der Waals surface area contributed by atoms with Gasteiger partial charge in [0.1, 0.15) is 9.46 Å². The second-order valence-corrected chi connectivity index (χ2v) is 10.2. The van der Waals surface area contributed by atoms with Crippen LogP contribution in [0.5, 0.6) is 0 Å². The van der Waals surface area contributed by atoms with Crippen LogP contribution in [0, 0.1) is 0 Å². The van der Waals surface area contributed by atoms with Crippen LogP contribution in [-0.2, 0) is 19.4 Å². The molecular weight excluding hydrogens is 396 g/mol. The Kier molecular flexibility index (Phi) is 6.85. The van der Waals surface area contributed by atoms with E-state index < -0.39 is 26.9 Å². The lowest BCUT2D eigenvalue weighted by molar-refractivity contribution is -0.139. The van der Waals surface area contributed by atoms with Gasteiger partial charge in [-0.3, -0.25) is 9.59 Å². The number of rotatable bonds is 6. The maximum absolute atomic E-state index is 13.1. The van der Waals surface area contributed by atoms with Gasteiger partial charge < -0.3 is 10.6 Å². The van der Waals surface area contributed by atoms with Crippen LogP contribution in [0.1, 0.15) is 42.9 Å². The molecule has 6 nitrogen and oxygen atoms in total. The summed E-state index contributed by atoms with van der Waals surface area (Å²) in [4.78, 5) is 24.4. The smallest absolute Gasteiger partial charge is 0.309 e. The molecule has 1 aromatic carbocycles. The Hall–Kier alpha value is -2.19. The Morgan fingerprint density at radius 2 is 1.71 bits per heavy atom. The number of amides is 2. The minimum Gasteiger partial charge on any atom is -0.346 e. The molecule has 0 saturated heterocycles. The average Bonchev–Trinajstić information content (AvgIpc) is 3.25. The largest absolute Gasteiger partial charge is 0.346 e. The molecule has 28 heavy (non-hydrogen) atoms. The summed E-state index contributed by atoms with van der Waals surface area (Å²) < 4.78 is 26.3. The van der Waals surface area contributed by atoms with E-state index >= 15 is 0 Å².